The van der Waals surface area contributed by atoms with Crippen LogP contribution in [0.15, 0.2) is 333 Å². The normalized spacial score (nSPS) is 12.8. The van der Waals surface area contributed by atoms with E-state index in [1.54, 1.807) is 12.4 Å². The van der Waals surface area contributed by atoms with Crippen molar-refractivity contribution in [3.63, 3.8) is 0 Å². The van der Waals surface area contributed by atoms with Crippen molar-refractivity contribution in [3.05, 3.63) is 411 Å². The molecule has 6 heteroatoms. The summed E-state index contributed by atoms with van der Waals surface area (Å²) in [5.41, 5.74) is 30.1. The first kappa shape index (κ1) is 61.9. The van der Waals surface area contributed by atoms with Crippen LogP contribution in [-0.2, 0) is 17.3 Å². The quantitative estimate of drug-likeness (QED) is 0.144. The zero-order valence-corrected chi connectivity index (χ0v) is 54.1. The predicted octanol–water partition coefficient (Wildman–Crippen LogP) is 22.6. The fraction of sp³-hybridized carbons (Fsp3) is 0.0909. The summed E-state index contributed by atoms with van der Waals surface area (Å²) >= 11 is 3.57. The van der Waals surface area contributed by atoms with Crippen molar-refractivity contribution in [1.82, 2.24) is 19.9 Å². The van der Waals surface area contributed by atoms with Crippen LogP contribution >= 0.6 is 15.9 Å². The molecule has 0 unspecified atom stereocenters. The van der Waals surface area contributed by atoms with E-state index in [0.29, 0.717) is 0 Å². The summed E-state index contributed by atoms with van der Waals surface area (Å²) in [5, 5.41) is 0. The fourth-order valence-corrected chi connectivity index (χ4v) is 14.6. The highest BCUT2D eigenvalue weighted by Gasteiger charge is 2.47. The lowest BCUT2D eigenvalue weighted by Crippen LogP contribution is -2.38. The largest absolute Gasteiger partial charge is 0.310 e. The number of nitrogens with zero attached hydrogens (tertiary/aromatic N) is 5. The van der Waals surface area contributed by atoms with Gasteiger partial charge >= 0.3 is 0 Å². The van der Waals surface area contributed by atoms with E-state index in [2.05, 4.69) is 335 Å². The van der Waals surface area contributed by atoms with Crippen LogP contribution in [0.1, 0.15) is 86.7 Å². The summed E-state index contributed by atoms with van der Waals surface area (Å²) in [4.78, 5) is 19.4. The van der Waals surface area contributed by atoms with Gasteiger partial charge < -0.3 is 4.90 Å². The van der Waals surface area contributed by atoms with E-state index in [0.717, 1.165) is 61.1 Å². The molecule has 1 aliphatic carbocycles. The predicted molar refractivity (Wildman–Crippen MR) is 395 cm³/mol. The molecule has 16 rings (SSSR count). The zero-order chi connectivity index (χ0) is 63.3. The molecule has 0 spiro atoms. The van der Waals surface area contributed by atoms with Crippen molar-refractivity contribution in [3.8, 4) is 44.5 Å². The monoisotopic (exact) mass is 1280 g/mol. The van der Waals surface area contributed by atoms with Gasteiger partial charge in [-0.15, -0.1) is 0 Å². The van der Waals surface area contributed by atoms with Crippen LogP contribution in [0.25, 0.3) is 44.5 Å². The molecular formula is C88H74BrN5. The summed E-state index contributed by atoms with van der Waals surface area (Å²) in [6.07, 6.45) is 15.7. The van der Waals surface area contributed by atoms with Crippen LogP contribution in [0.3, 0.4) is 0 Å². The molecule has 0 atom stereocenters. The van der Waals surface area contributed by atoms with E-state index in [4.69, 9.17) is 0 Å². The Balaban J connectivity index is 0.000000150. The van der Waals surface area contributed by atoms with Gasteiger partial charge in [0.2, 0.25) is 0 Å². The Morgan fingerprint density at radius 2 is 0.649 bits per heavy atom. The number of aromatic nitrogens is 4. The molecule has 5 heterocycles. The van der Waals surface area contributed by atoms with E-state index in [1.165, 1.54) is 89.3 Å². The van der Waals surface area contributed by atoms with Gasteiger partial charge in [-0.25, -0.2) is 0 Å². The highest BCUT2D eigenvalue weighted by molar-refractivity contribution is 9.10. The molecule has 10 aromatic carbocycles. The maximum Gasteiger partial charge on any atom is 0.0742 e. The first-order valence-corrected chi connectivity index (χ1v) is 32.5. The lowest BCUT2D eigenvalue weighted by molar-refractivity contribution is 0.701. The molecule has 458 valence electrons. The topological polar surface area (TPSA) is 54.8 Å². The van der Waals surface area contributed by atoms with E-state index < -0.39 is 5.41 Å². The number of aryl methyl sites for hydroxylation is 4. The Labute approximate surface area is 563 Å². The van der Waals surface area contributed by atoms with Gasteiger partial charge in [-0.1, -0.05) is 240 Å². The SMILES string of the molecule is Brc1cc(-c2cccnc2)cc(-c2cccnc2)c1.C.Cc1ccc2c(c1)C(c1ccccc1)(c1ccccc1)c1cc(C)ccc1C2.Cc1ccc2c(c1)C(c1ccccc1)(c1ccccc1)c1cc(C)ccc1N2c1cc(-c2ccncc2)cc(-c2ccncc2)c1.[2HH]. The van der Waals surface area contributed by atoms with E-state index >= 15 is 0 Å². The van der Waals surface area contributed by atoms with Crippen LogP contribution in [-0.4, -0.2) is 19.9 Å². The lowest BCUT2D eigenvalue weighted by atomic mass is 9.59. The van der Waals surface area contributed by atoms with Gasteiger partial charge in [0.25, 0.3) is 0 Å². The van der Waals surface area contributed by atoms with Crippen molar-refractivity contribution in [2.75, 3.05) is 4.90 Å². The molecule has 0 saturated carbocycles. The summed E-state index contributed by atoms with van der Waals surface area (Å²) in [7, 11) is 0. The molecule has 14 aromatic rings. The van der Waals surface area contributed by atoms with E-state index in [-0.39, 0.29) is 14.3 Å². The second-order valence-electron chi connectivity index (χ2n) is 24.3. The standard InChI is InChI=1S/C43H33N3.C28H24.C16H11BrN2.CH4.H2/c1-30-13-15-41-39(25-30)43(36-9-5-3-6-10-36,37-11-7-4-8-12-37)40-26-31(2)14-16-42(40)46(41)38-28-34(32-17-21-44-22-18-32)27-35(29-38)33-19-23-45-24-20-33;1-20-13-15-22-19-23-16-14-21(2)18-27(23)28(26(22)17-20,24-9-5-3-6-10-24)25-11-7-4-8-12-25;17-16-8-14(12-3-1-5-18-10-12)7-15(9-16)13-4-2-6-19-11-13;;/h3-29H,1-2H3;3-18H,19H2,1-2H3;1-11H;1H4;1H/i;;;;1+1. The number of benzene rings is 10. The van der Waals surface area contributed by atoms with Crippen molar-refractivity contribution in [2.45, 2.75) is 52.4 Å². The van der Waals surface area contributed by atoms with Gasteiger partial charge in [-0.2, -0.15) is 0 Å². The molecule has 0 N–H and O–H groups in total. The molecule has 0 bridgehead atoms. The van der Waals surface area contributed by atoms with Gasteiger partial charge in [-0.3, -0.25) is 19.9 Å². The summed E-state index contributed by atoms with van der Waals surface area (Å²) in [6.45, 7) is 8.80. The van der Waals surface area contributed by atoms with Crippen molar-refractivity contribution in [1.29, 1.82) is 0 Å². The van der Waals surface area contributed by atoms with Crippen LogP contribution in [0, 0.1) is 27.7 Å². The Morgan fingerprint density at radius 1 is 0.309 bits per heavy atom. The van der Waals surface area contributed by atoms with Crippen molar-refractivity contribution in [2.24, 2.45) is 0 Å². The van der Waals surface area contributed by atoms with Gasteiger partial charge in [0, 0.05) is 72.3 Å². The van der Waals surface area contributed by atoms with Crippen LogP contribution < -0.4 is 4.90 Å². The van der Waals surface area contributed by atoms with Gasteiger partial charge in [0.05, 0.1) is 22.2 Å². The van der Waals surface area contributed by atoms with E-state index in [1.807, 2.05) is 49.3 Å². The second-order valence-corrected chi connectivity index (χ2v) is 25.2. The fourth-order valence-electron chi connectivity index (χ4n) is 14.1. The first-order valence-electron chi connectivity index (χ1n) is 31.7. The van der Waals surface area contributed by atoms with Crippen molar-refractivity contribution >= 4 is 33.0 Å². The first-order chi connectivity index (χ1) is 45.6. The number of hydrogen-bond donors (Lipinski definition) is 0. The molecule has 0 saturated heterocycles. The minimum absolute atomic E-state index is 0. The summed E-state index contributed by atoms with van der Waals surface area (Å²) in [5.74, 6) is 0. The molecule has 5 nitrogen and oxygen atoms in total. The average molecular weight is 1280 g/mol. The molecule has 4 aromatic heterocycles. The number of anilines is 3. The van der Waals surface area contributed by atoms with E-state index in [9.17, 15) is 0 Å². The Bertz CT molecular complexity index is 4620. The van der Waals surface area contributed by atoms with Gasteiger partial charge in [-0.05, 0) is 208 Å². The third-order valence-electron chi connectivity index (χ3n) is 18.2. The van der Waals surface area contributed by atoms with Gasteiger partial charge in [0.15, 0.2) is 0 Å². The Morgan fingerprint density at radius 3 is 1.01 bits per heavy atom. The molecular weight excluding hydrogens is 1210 g/mol. The number of fused-ring (bicyclic) bond motifs is 4. The third kappa shape index (κ3) is 11.9. The summed E-state index contributed by atoms with van der Waals surface area (Å²) < 4.78 is 1.05. The number of rotatable bonds is 9. The highest BCUT2D eigenvalue weighted by Crippen LogP contribution is 2.59. The Hall–Kier alpha value is -10.9. The zero-order valence-electron chi connectivity index (χ0n) is 52.5. The second kappa shape index (κ2) is 27.1. The van der Waals surface area contributed by atoms with Crippen molar-refractivity contribution < 1.29 is 1.43 Å². The summed E-state index contributed by atoms with van der Waals surface area (Å²) in [6, 6.07) is 101. The molecule has 0 radical (unpaired) electrons. The molecule has 0 amide bonds. The minimum atomic E-state index is -0.516. The lowest BCUT2D eigenvalue weighted by Gasteiger charge is -2.47. The van der Waals surface area contributed by atoms with Crippen LogP contribution in [0.2, 0.25) is 0 Å². The maximum atomic E-state index is 4.29. The molecule has 94 heavy (non-hydrogen) atoms. The maximum absolute atomic E-state index is 4.29. The van der Waals surface area contributed by atoms with Crippen LogP contribution in [0.4, 0.5) is 17.1 Å². The van der Waals surface area contributed by atoms with Gasteiger partial charge in [0.1, 0.15) is 0 Å². The Kier molecular flexibility index (Phi) is 17.9. The number of pyridine rings is 4. The highest BCUT2D eigenvalue weighted by atomic mass is 79.9. The smallest absolute Gasteiger partial charge is 0.0742 e. The number of hydrogen-bond acceptors (Lipinski definition) is 5. The number of halogens is 1. The average Bonchev–Trinajstić information content (AvgIpc) is 0.704. The molecule has 1 aliphatic heterocycles. The molecule has 2 aliphatic rings. The minimum Gasteiger partial charge on any atom is -0.310 e. The molecule has 0 fully saturated rings. The van der Waals surface area contributed by atoms with Crippen LogP contribution in [0.5, 0.6) is 0 Å². The third-order valence-corrected chi connectivity index (χ3v) is 18.7.